The van der Waals surface area contributed by atoms with Crippen LogP contribution >= 0.6 is 0 Å². The van der Waals surface area contributed by atoms with Crippen LogP contribution in [0.2, 0.25) is 0 Å². The number of hydrogen-bond acceptors (Lipinski definition) is 6. The van der Waals surface area contributed by atoms with Gasteiger partial charge >= 0.3 is 17.9 Å². The van der Waals surface area contributed by atoms with Gasteiger partial charge < -0.3 is 30.3 Å². The van der Waals surface area contributed by atoms with Crippen LogP contribution in [0.3, 0.4) is 0 Å². The normalized spacial score (nSPS) is 40.2. The summed E-state index contributed by atoms with van der Waals surface area (Å²) in [6.45, 7) is 0.871. The monoisotopic (exact) mass is 264 g/mol. The van der Waals surface area contributed by atoms with Gasteiger partial charge in [0.25, 0.3) is 5.79 Å². The summed E-state index contributed by atoms with van der Waals surface area (Å²) < 4.78 is 4.56. The van der Waals surface area contributed by atoms with E-state index in [9.17, 15) is 24.6 Å². The lowest BCUT2D eigenvalue weighted by atomic mass is 9.79. The number of carboxylic acids is 3. The Balaban J connectivity index is 3.28. The molecule has 3 atom stereocenters. The number of carboxylic acid groups (broad SMARTS) is 3. The molecule has 1 heterocycles. The third-order valence-corrected chi connectivity index (χ3v) is 2.74. The number of aliphatic carboxylic acids is 3. The molecule has 9 nitrogen and oxygen atoms in total. The third-order valence-electron chi connectivity index (χ3n) is 2.74. The maximum atomic E-state index is 11.0. The first-order valence-electron chi connectivity index (χ1n) is 4.80. The third kappa shape index (κ3) is 2.15. The van der Waals surface area contributed by atoms with E-state index >= 15 is 0 Å². The van der Waals surface area contributed by atoms with E-state index < -0.39 is 47.7 Å². The average molecular weight is 264 g/mol. The molecule has 0 saturated carbocycles. The van der Waals surface area contributed by atoms with E-state index in [4.69, 9.17) is 15.3 Å². The molecule has 102 valence electrons. The highest BCUT2D eigenvalue weighted by Gasteiger charge is 2.62. The molecule has 9 heteroatoms. The van der Waals surface area contributed by atoms with Gasteiger partial charge in [-0.05, 0) is 6.92 Å². The zero-order valence-corrected chi connectivity index (χ0v) is 9.28. The van der Waals surface area contributed by atoms with Gasteiger partial charge in [-0.1, -0.05) is 0 Å². The molecule has 1 aliphatic heterocycles. The van der Waals surface area contributed by atoms with Gasteiger partial charge in [-0.2, -0.15) is 0 Å². The van der Waals surface area contributed by atoms with Gasteiger partial charge in [0.1, 0.15) is 0 Å². The van der Waals surface area contributed by atoms with Gasteiger partial charge in [0, 0.05) is 6.42 Å². The number of hydrogen-bond donors (Lipinski definition) is 5. The van der Waals surface area contributed by atoms with E-state index in [2.05, 4.69) is 4.74 Å². The minimum atomic E-state index is -3.08. The van der Waals surface area contributed by atoms with Crippen molar-refractivity contribution in [2.75, 3.05) is 0 Å². The van der Waals surface area contributed by atoms with Gasteiger partial charge in [-0.3, -0.25) is 0 Å². The number of aliphatic hydroxyl groups is 2. The fraction of sp³-hybridized carbons (Fsp3) is 0.667. The SMILES string of the molecule is CC1(C(=O)O)CC(O)(C(=O)O)CC(O)(C(=O)O)O1. The molecule has 3 unspecified atom stereocenters. The molecular formula is C9H12O9. The fourth-order valence-electron chi connectivity index (χ4n) is 1.85. The minimum Gasteiger partial charge on any atom is -0.479 e. The van der Waals surface area contributed by atoms with E-state index in [0.717, 1.165) is 6.92 Å². The van der Waals surface area contributed by atoms with Crippen molar-refractivity contribution < 1.29 is 44.7 Å². The van der Waals surface area contributed by atoms with Crippen molar-refractivity contribution in [3.63, 3.8) is 0 Å². The lowest BCUT2D eigenvalue weighted by molar-refractivity contribution is -0.307. The molecule has 0 aliphatic carbocycles. The Kier molecular flexibility index (Phi) is 3.11. The second-order valence-corrected chi connectivity index (χ2v) is 4.42. The smallest absolute Gasteiger partial charge is 0.364 e. The standard InChI is InChI=1S/C9H12O9/c1-7(4(10)11)2-8(16,5(12)13)3-9(17,18-7)6(14)15/h16-17H,2-3H2,1H3,(H,10,11)(H,12,13)(H,14,15). The second kappa shape index (κ2) is 3.90. The molecule has 1 aliphatic rings. The van der Waals surface area contributed by atoms with Crippen LogP contribution in [-0.2, 0) is 19.1 Å². The zero-order chi connectivity index (χ0) is 14.4. The quantitative estimate of drug-likeness (QED) is 0.397. The highest BCUT2D eigenvalue weighted by Crippen LogP contribution is 2.40. The molecule has 0 radical (unpaired) electrons. The Morgan fingerprint density at radius 1 is 0.944 bits per heavy atom. The van der Waals surface area contributed by atoms with Crippen LogP contribution in [0.5, 0.6) is 0 Å². The first kappa shape index (κ1) is 14.4. The molecule has 1 fully saturated rings. The molecule has 1 saturated heterocycles. The van der Waals surface area contributed by atoms with Crippen LogP contribution in [0.15, 0.2) is 0 Å². The number of carbonyl (C=O) groups is 3. The summed E-state index contributed by atoms with van der Waals surface area (Å²) in [7, 11) is 0. The van der Waals surface area contributed by atoms with Crippen LogP contribution < -0.4 is 0 Å². The summed E-state index contributed by atoms with van der Waals surface area (Å²) in [5.74, 6) is -8.59. The van der Waals surface area contributed by atoms with E-state index in [0.29, 0.717) is 0 Å². The molecule has 0 spiro atoms. The van der Waals surface area contributed by atoms with Crippen molar-refractivity contribution in [2.45, 2.75) is 36.8 Å². The lowest BCUT2D eigenvalue weighted by Crippen LogP contribution is -2.65. The minimum absolute atomic E-state index is 0.871. The fourth-order valence-corrected chi connectivity index (χ4v) is 1.85. The van der Waals surface area contributed by atoms with Crippen LogP contribution in [0.4, 0.5) is 0 Å². The van der Waals surface area contributed by atoms with E-state index in [-0.39, 0.29) is 0 Å². The Bertz CT molecular complexity index is 344. The van der Waals surface area contributed by atoms with Crippen LogP contribution in [0.25, 0.3) is 0 Å². The predicted octanol–water partition coefficient (Wildman–Crippen LogP) is -1.77. The first-order chi connectivity index (χ1) is 7.95. The van der Waals surface area contributed by atoms with Crippen molar-refractivity contribution in [1.29, 1.82) is 0 Å². The first-order valence-corrected chi connectivity index (χ1v) is 4.80. The highest BCUT2D eigenvalue weighted by atomic mass is 16.7. The molecule has 18 heavy (non-hydrogen) atoms. The van der Waals surface area contributed by atoms with E-state index in [1.54, 1.807) is 0 Å². The van der Waals surface area contributed by atoms with Crippen molar-refractivity contribution in [2.24, 2.45) is 0 Å². The van der Waals surface area contributed by atoms with E-state index in [1.807, 2.05) is 0 Å². The van der Waals surface area contributed by atoms with Crippen LogP contribution in [0, 0.1) is 0 Å². The molecular weight excluding hydrogens is 252 g/mol. The van der Waals surface area contributed by atoms with Gasteiger partial charge in [0.05, 0.1) is 6.42 Å². The summed E-state index contributed by atoms with van der Waals surface area (Å²) in [5, 5.41) is 45.8. The van der Waals surface area contributed by atoms with Crippen molar-refractivity contribution in [1.82, 2.24) is 0 Å². The molecule has 0 bridgehead atoms. The Morgan fingerprint density at radius 3 is 1.78 bits per heavy atom. The summed E-state index contributed by atoms with van der Waals surface area (Å²) in [6, 6.07) is 0. The molecule has 0 aromatic carbocycles. The maximum absolute atomic E-state index is 11.0. The average Bonchev–Trinajstić information content (AvgIpc) is 2.14. The van der Waals surface area contributed by atoms with Gasteiger partial charge in [-0.25, -0.2) is 14.4 Å². The largest absolute Gasteiger partial charge is 0.479 e. The summed E-state index contributed by atoms with van der Waals surface area (Å²) in [4.78, 5) is 32.7. The second-order valence-electron chi connectivity index (χ2n) is 4.42. The number of rotatable bonds is 3. The molecule has 0 aromatic rings. The summed E-state index contributed by atoms with van der Waals surface area (Å²) in [5.41, 5.74) is -5.04. The molecule has 0 amide bonds. The molecule has 1 rings (SSSR count). The predicted molar refractivity (Wildman–Crippen MR) is 51.5 cm³/mol. The lowest BCUT2D eigenvalue weighted by Gasteiger charge is -2.44. The maximum Gasteiger partial charge on any atom is 0.364 e. The zero-order valence-electron chi connectivity index (χ0n) is 9.28. The van der Waals surface area contributed by atoms with Gasteiger partial charge in [-0.15, -0.1) is 0 Å². The van der Waals surface area contributed by atoms with E-state index in [1.165, 1.54) is 0 Å². The van der Waals surface area contributed by atoms with Gasteiger partial charge in [0.15, 0.2) is 11.2 Å². The van der Waals surface area contributed by atoms with Crippen LogP contribution in [0.1, 0.15) is 19.8 Å². The number of ether oxygens (including phenoxy) is 1. The highest BCUT2D eigenvalue weighted by molar-refractivity contribution is 5.86. The topological polar surface area (TPSA) is 162 Å². The Hall–Kier alpha value is -1.71. The van der Waals surface area contributed by atoms with Crippen LogP contribution in [-0.4, -0.2) is 60.4 Å². The van der Waals surface area contributed by atoms with Crippen molar-refractivity contribution >= 4 is 17.9 Å². The summed E-state index contributed by atoms with van der Waals surface area (Å²) >= 11 is 0. The van der Waals surface area contributed by atoms with Crippen molar-refractivity contribution in [3.8, 4) is 0 Å². The molecule has 5 N–H and O–H groups in total. The molecule has 0 aromatic heterocycles. The van der Waals surface area contributed by atoms with Crippen molar-refractivity contribution in [3.05, 3.63) is 0 Å². The van der Waals surface area contributed by atoms with Gasteiger partial charge in [0.2, 0.25) is 0 Å². The summed E-state index contributed by atoms with van der Waals surface area (Å²) in [6.07, 6.45) is -2.06. The Labute approximate surface area is 100 Å². The Morgan fingerprint density at radius 2 is 1.44 bits per heavy atom.